The summed E-state index contributed by atoms with van der Waals surface area (Å²) in [7, 11) is 1.59. The second-order valence-corrected chi connectivity index (χ2v) is 5.59. The third-order valence-corrected chi connectivity index (χ3v) is 3.78. The zero-order chi connectivity index (χ0) is 17.5. The molecule has 2 rings (SSSR count). The molecule has 0 radical (unpaired) electrons. The Bertz CT molecular complexity index is 724. The van der Waals surface area contributed by atoms with Crippen molar-refractivity contribution >= 4 is 11.8 Å². The number of benzene rings is 2. The van der Waals surface area contributed by atoms with Crippen LogP contribution in [0.4, 0.5) is 0 Å². The van der Waals surface area contributed by atoms with Gasteiger partial charge in [0.2, 0.25) is 0 Å². The number of carbonyl (C=O) groups is 2. The van der Waals surface area contributed by atoms with E-state index in [-0.39, 0.29) is 18.4 Å². The molecule has 0 saturated heterocycles. The Hall–Kier alpha value is -2.82. The molecule has 2 aromatic rings. The second kappa shape index (κ2) is 8.15. The van der Waals surface area contributed by atoms with Crippen LogP contribution in [0.5, 0.6) is 5.75 Å². The Morgan fingerprint density at radius 1 is 1.00 bits per heavy atom. The van der Waals surface area contributed by atoms with Gasteiger partial charge >= 0.3 is 0 Å². The van der Waals surface area contributed by atoms with Crippen molar-refractivity contribution in [2.45, 2.75) is 20.4 Å². The molecule has 0 heterocycles. The van der Waals surface area contributed by atoms with Gasteiger partial charge in [0.1, 0.15) is 5.75 Å². The Morgan fingerprint density at radius 3 is 2.33 bits per heavy atom. The fraction of sp³-hybridized carbons (Fsp3) is 0.263. The summed E-state index contributed by atoms with van der Waals surface area (Å²) in [6, 6.07) is 12.8. The number of nitrogens with one attached hydrogen (secondary N) is 2. The zero-order valence-corrected chi connectivity index (χ0v) is 14.2. The molecule has 2 amide bonds. The van der Waals surface area contributed by atoms with Crippen molar-refractivity contribution < 1.29 is 14.3 Å². The van der Waals surface area contributed by atoms with Gasteiger partial charge in [-0.1, -0.05) is 18.2 Å². The van der Waals surface area contributed by atoms with Crippen LogP contribution >= 0.6 is 0 Å². The van der Waals surface area contributed by atoms with Crippen LogP contribution in [0.15, 0.2) is 42.5 Å². The summed E-state index contributed by atoms with van der Waals surface area (Å²) in [5, 5.41) is 5.36. The molecule has 0 fully saturated rings. The lowest BCUT2D eigenvalue weighted by Crippen LogP contribution is -2.28. The van der Waals surface area contributed by atoms with E-state index in [0.717, 1.165) is 11.1 Å². The van der Waals surface area contributed by atoms with Gasteiger partial charge in [0.15, 0.2) is 6.61 Å². The van der Waals surface area contributed by atoms with E-state index in [9.17, 15) is 9.59 Å². The van der Waals surface area contributed by atoms with Crippen LogP contribution in [0.25, 0.3) is 0 Å². The number of carbonyl (C=O) groups excluding carboxylic acids is 2. The van der Waals surface area contributed by atoms with Gasteiger partial charge in [0, 0.05) is 19.2 Å². The van der Waals surface area contributed by atoms with Crippen molar-refractivity contribution in [1.29, 1.82) is 0 Å². The summed E-state index contributed by atoms with van der Waals surface area (Å²) in [6.07, 6.45) is 0. The van der Waals surface area contributed by atoms with Gasteiger partial charge in [-0.05, 0) is 54.8 Å². The molecule has 0 atom stereocenters. The fourth-order valence-corrected chi connectivity index (χ4v) is 2.12. The minimum atomic E-state index is -0.191. The Balaban J connectivity index is 1.80. The number of ether oxygens (including phenoxy) is 1. The largest absolute Gasteiger partial charge is 0.484 e. The second-order valence-electron chi connectivity index (χ2n) is 5.59. The van der Waals surface area contributed by atoms with E-state index >= 15 is 0 Å². The highest BCUT2D eigenvalue weighted by Crippen LogP contribution is 2.16. The smallest absolute Gasteiger partial charge is 0.258 e. The Labute approximate surface area is 142 Å². The maximum absolute atomic E-state index is 11.9. The summed E-state index contributed by atoms with van der Waals surface area (Å²) in [5.74, 6) is 0.360. The zero-order valence-electron chi connectivity index (χ0n) is 14.2. The van der Waals surface area contributed by atoms with Crippen molar-refractivity contribution in [3.63, 3.8) is 0 Å². The van der Waals surface area contributed by atoms with Crippen LogP contribution in [0.2, 0.25) is 0 Å². The quantitative estimate of drug-likeness (QED) is 0.856. The predicted molar refractivity (Wildman–Crippen MR) is 93.1 cm³/mol. The number of hydrogen-bond donors (Lipinski definition) is 2. The van der Waals surface area contributed by atoms with E-state index < -0.39 is 0 Å². The summed E-state index contributed by atoms with van der Waals surface area (Å²) in [5.41, 5.74) is 3.82. The molecule has 0 aliphatic heterocycles. The minimum Gasteiger partial charge on any atom is -0.484 e. The lowest BCUT2D eigenvalue weighted by molar-refractivity contribution is -0.123. The number of rotatable bonds is 6. The number of hydrogen-bond acceptors (Lipinski definition) is 3. The van der Waals surface area contributed by atoms with Crippen LogP contribution in [-0.2, 0) is 11.3 Å². The highest BCUT2D eigenvalue weighted by atomic mass is 16.5. The lowest BCUT2D eigenvalue weighted by atomic mass is 10.1. The molecule has 0 spiro atoms. The van der Waals surface area contributed by atoms with Gasteiger partial charge < -0.3 is 15.4 Å². The van der Waals surface area contributed by atoms with E-state index in [1.54, 1.807) is 19.2 Å². The molecule has 24 heavy (non-hydrogen) atoms. The highest BCUT2D eigenvalue weighted by molar-refractivity contribution is 5.93. The SMILES string of the molecule is CNC(=O)c1ccc(CNC(=O)COc2ccc(C)c(C)c2)cc1. The van der Waals surface area contributed by atoms with Crippen LogP contribution in [0, 0.1) is 13.8 Å². The maximum Gasteiger partial charge on any atom is 0.258 e. The molecular weight excluding hydrogens is 304 g/mol. The first-order valence-electron chi connectivity index (χ1n) is 7.77. The van der Waals surface area contributed by atoms with Gasteiger partial charge in [-0.15, -0.1) is 0 Å². The topological polar surface area (TPSA) is 67.4 Å². The monoisotopic (exact) mass is 326 g/mol. The molecule has 2 aromatic carbocycles. The standard InChI is InChI=1S/C19H22N2O3/c1-13-4-9-17(10-14(13)2)24-12-18(22)21-11-15-5-7-16(8-6-15)19(23)20-3/h4-10H,11-12H2,1-3H3,(H,20,23)(H,21,22). The van der Waals surface area contributed by atoms with E-state index in [1.807, 2.05) is 44.2 Å². The van der Waals surface area contributed by atoms with Crippen LogP contribution in [-0.4, -0.2) is 25.5 Å². The van der Waals surface area contributed by atoms with Crippen molar-refractivity contribution in [3.8, 4) is 5.75 Å². The molecule has 126 valence electrons. The predicted octanol–water partition coefficient (Wildman–Crippen LogP) is 2.36. The molecule has 0 bridgehead atoms. The van der Waals surface area contributed by atoms with Gasteiger partial charge in [-0.2, -0.15) is 0 Å². The third-order valence-electron chi connectivity index (χ3n) is 3.78. The number of aryl methyl sites for hydroxylation is 2. The van der Waals surface area contributed by atoms with Gasteiger partial charge in [-0.3, -0.25) is 9.59 Å². The van der Waals surface area contributed by atoms with Gasteiger partial charge in [0.25, 0.3) is 11.8 Å². The summed E-state index contributed by atoms with van der Waals surface area (Å²) in [6.45, 7) is 4.40. The van der Waals surface area contributed by atoms with Crippen LogP contribution in [0.1, 0.15) is 27.0 Å². The minimum absolute atomic E-state index is 0.0289. The molecule has 0 aromatic heterocycles. The first kappa shape index (κ1) is 17.5. The molecular formula is C19H22N2O3. The molecule has 0 unspecified atom stereocenters. The Morgan fingerprint density at radius 2 is 1.71 bits per heavy atom. The lowest BCUT2D eigenvalue weighted by Gasteiger charge is -2.09. The average Bonchev–Trinajstić information content (AvgIpc) is 2.60. The molecule has 5 nitrogen and oxygen atoms in total. The van der Waals surface area contributed by atoms with Crippen molar-refractivity contribution in [2.75, 3.05) is 13.7 Å². The molecule has 0 aliphatic carbocycles. The maximum atomic E-state index is 11.9. The molecule has 0 aliphatic rings. The normalized spacial score (nSPS) is 10.1. The Kier molecular flexibility index (Phi) is 5.95. The molecule has 0 saturated carbocycles. The van der Waals surface area contributed by atoms with Crippen molar-refractivity contribution in [1.82, 2.24) is 10.6 Å². The summed E-state index contributed by atoms with van der Waals surface area (Å²) >= 11 is 0. The number of amides is 2. The van der Waals surface area contributed by atoms with Crippen LogP contribution < -0.4 is 15.4 Å². The first-order valence-corrected chi connectivity index (χ1v) is 7.77. The third kappa shape index (κ3) is 4.84. The summed E-state index contributed by atoms with van der Waals surface area (Å²) in [4.78, 5) is 23.3. The average molecular weight is 326 g/mol. The highest BCUT2D eigenvalue weighted by Gasteiger charge is 2.05. The van der Waals surface area contributed by atoms with E-state index in [4.69, 9.17) is 4.74 Å². The van der Waals surface area contributed by atoms with E-state index in [1.165, 1.54) is 5.56 Å². The van der Waals surface area contributed by atoms with E-state index in [2.05, 4.69) is 10.6 Å². The van der Waals surface area contributed by atoms with Crippen LogP contribution in [0.3, 0.4) is 0 Å². The van der Waals surface area contributed by atoms with E-state index in [0.29, 0.717) is 17.9 Å². The van der Waals surface area contributed by atoms with Gasteiger partial charge in [0.05, 0.1) is 0 Å². The molecule has 2 N–H and O–H groups in total. The fourth-order valence-electron chi connectivity index (χ4n) is 2.12. The summed E-state index contributed by atoms with van der Waals surface area (Å²) < 4.78 is 5.49. The molecule has 5 heteroatoms. The first-order chi connectivity index (χ1) is 11.5. The van der Waals surface area contributed by atoms with Crippen molar-refractivity contribution in [3.05, 3.63) is 64.7 Å². The van der Waals surface area contributed by atoms with Gasteiger partial charge in [-0.25, -0.2) is 0 Å². The van der Waals surface area contributed by atoms with Crippen molar-refractivity contribution in [2.24, 2.45) is 0 Å².